The Hall–Kier alpha value is -2.75. The van der Waals surface area contributed by atoms with E-state index in [0.29, 0.717) is 21.8 Å². The van der Waals surface area contributed by atoms with Gasteiger partial charge >= 0.3 is 0 Å². The minimum absolute atomic E-state index is 0.107. The van der Waals surface area contributed by atoms with Gasteiger partial charge in [0.15, 0.2) is 17.1 Å². The molecular weight excluding hydrogens is 462 g/mol. The van der Waals surface area contributed by atoms with Crippen molar-refractivity contribution in [2.75, 3.05) is 42.3 Å². The van der Waals surface area contributed by atoms with E-state index in [-0.39, 0.29) is 17.8 Å². The van der Waals surface area contributed by atoms with Crippen LogP contribution in [0.4, 0.5) is 11.4 Å². The van der Waals surface area contributed by atoms with Gasteiger partial charge in [0.25, 0.3) is 0 Å². The summed E-state index contributed by atoms with van der Waals surface area (Å²) >= 11 is 7.50. The Kier molecular flexibility index (Phi) is 7.74. The number of nitrogens with zero attached hydrogens (tertiary/aromatic N) is 4. The molecule has 3 aromatic rings. The van der Waals surface area contributed by atoms with E-state index in [1.54, 1.807) is 6.07 Å². The number of halogens is 1. The number of amides is 1. The zero-order chi connectivity index (χ0) is 23.2. The molecule has 1 fully saturated rings. The van der Waals surface area contributed by atoms with Crippen LogP contribution in [0, 0.1) is 0 Å². The fourth-order valence-corrected chi connectivity index (χ4v) is 4.39. The Morgan fingerprint density at radius 2 is 1.91 bits per heavy atom. The Labute approximate surface area is 202 Å². The van der Waals surface area contributed by atoms with Crippen molar-refractivity contribution >= 4 is 40.6 Å². The van der Waals surface area contributed by atoms with Crippen molar-refractivity contribution in [2.45, 2.75) is 18.2 Å². The van der Waals surface area contributed by atoms with Gasteiger partial charge in [0, 0.05) is 31.5 Å². The summed E-state index contributed by atoms with van der Waals surface area (Å²) in [6.45, 7) is 5.12. The van der Waals surface area contributed by atoms with Crippen molar-refractivity contribution in [1.29, 1.82) is 0 Å². The van der Waals surface area contributed by atoms with Gasteiger partial charge in [0.1, 0.15) is 5.75 Å². The first-order valence-corrected chi connectivity index (χ1v) is 12.0. The molecule has 0 aliphatic carbocycles. The van der Waals surface area contributed by atoms with Gasteiger partial charge in [-0.05, 0) is 43.3 Å². The van der Waals surface area contributed by atoms with E-state index in [1.165, 1.54) is 11.8 Å². The molecule has 0 radical (unpaired) electrons. The number of benzene rings is 2. The number of carbonyl (C=O) groups is 1. The number of thioether (sulfide) groups is 1. The van der Waals surface area contributed by atoms with Crippen LogP contribution in [0.1, 0.15) is 18.9 Å². The lowest BCUT2D eigenvalue weighted by atomic mass is 10.2. The maximum Gasteiger partial charge on any atom is 0.234 e. The van der Waals surface area contributed by atoms with E-state index in [4.69, 9.17) is 21.1 Å². The van der Waals surface area contributed by atoms with Gasteiger partial charge in [-0.3, -0.25) is 4.79 Å². The number of hydrogen-bond acceptors (Lipinski definition) is 7. The molecule has 10 heteroatoms. The minimum Gasteiger partial charge on any atom is -0.481 e. The highest BCUT2D eigenvalue weighted by Crippen LogP contribution is 2.29. The van der Waals surface area contributed by atoms with Crippen LogP contribution in [-0.4, -0.2) is 52.7 Å². The van der Waals surface area contributed by atoms with Crippen molar-refractivity contribution in [1.82, 2.24) is 14.8 Å². The van der Waals surface area contributed by atoms with Gasteiger partial charge < -0.3 is 24.3 Å². The van der Waals surface area contributed by atoms with Crippen LogP contribution in [0.5, 0.6) is 5.75 Å². The topological polar surface area (TPSA) is 81.5 Å². The predicted octanol–water partition coefficient (Wildman–Crippen LogP) is 4.18. The Bertz CT molecular complexity index is 1090. The number of carbonyl (C=O) groups excluding carboxylic acids is 1. The van der Waals surface area contributed by atoms with Crippen LogP contribution in [0.2, 0.25) is 5.02 Å². The zero-order valence-electron chi connectivity index (χ0n) is 18.5. The summed E-state index contributed by atoms with van der Waals surface area (Å²) < 4.78 is 13.1. The Morgan fingerprint density at radius 1 is 1.18 bits per heavy atom. The summed E-state index contributed by atoms with van der Waals surface area (Å²) in [5, 5.41) is 12.6. The number of aromatic nitrogens is 3. The van der Waals surface area contributed by atoms with E-state index >= 15 is 0 Å². The molecule has 1 aliphatic heterocycles. The van der Waals surface area contributed by atoms with Gasteiger partial charge in [-0.2, -0.15) is 0 Å². The average Bonchev–Trinajstić information content (AvgIpc) is 3.20. The Morgan fingerprint density at radius 3 is 2.64 bits per heavy atom. The lowest BCUT2D eigenvalue weighted by molar-refractivity contribution is -0.113. The molecule has 1 aliphatic rings. The number of hydrogen-bond donors (Lipinski definition) is 1. The van der Waals surface area contributed by atoms with Crippen LogP contribution in [0.15, 0.2) is 53.7 Å². The maximum absolute atomic E-state index is 12.4. The third-order valence-electron chi connectivity index (χ3n) is 5.23. The minimum atomic E-state index is -0.351. The molecule has 0 spiro atoms. The molecule has 1 atom stereocenters. The van der Waals surface area contributed by atoms with Crippen molar-refractivity contribution in [3.05, 3.63) is 59.4 Å². The summed E-state index contributed by atoms with van der Waals surface area (Å²) in [5.41, 5.74) is 1.89. The van der Waals surface area contributed by atoms with E-state index in [1.807, 2.05) is 61.0 Å². The van der Waals surface area contributed by atoms with Gasteiger partial charge in [0.05, 0.1) is 24.0 Å². The van der Waals surface area contributed by atoms with Crippen molar-refractivity contribution in [3.8, 4) is 5.75 Å². The monoisotopic (exact) mass is 487 g/mol. The summed E-state index contributed by atoms with van der Waals surface area (Å²) in [6, 6.07) is 15.2. The summed E-state index contributed by atoms with van der Waals surface area (Å²) in [5.74, 6) is 1.35. The summed E-state index contributed by atoms with van der Waals surface area (Å²) in [4.78, 5) is 14.7. The average molecular weight is 488 g/mol. The molecule has 8 nitrogen and oxygen atoms in total. The number of ether oxygens (including phenoxy) is 2. The first-order valence-electron chi connectivity index (χ1n) is 10.7. The van der Waals surface area contributed by atoms with Gasteiger partial charge in [-0.25, -0.2) is 0 Å². The van der Waals surface area contributed by atoms with Crippen LogP contribution >= 0.6 is 23.4 Å². The molecule has 174 valence electrons. The fourth-order valence-electron chi connectivity index (χ4n) is 3.49. The molecule has 2 heterocycles. The molecule has 1 amide bonds. The second-order valence-electron chi connectivity index (χ2n) is 7.57. The van der Waals surface area contributed by atoms with Crippen molar-refractivity contribution < 1.29 is 14.3 Å². The van der Waals surface area contributed by atoms with Crippen LogP contribution in [-0.2, 0) is 16.6 Å². The highest BCUT2D eigenvalue weighted by molar-refractivity contribution is 7.99. The normalized spacial score (nSPS) is 14.7. The van der Waals surface area contributed by atoms with Gasteiger partial charge in [-0.1, -0.05) is 35.5 Å². The Balaban J connectivity index is 1.29. The number of rotatable bonds is 8. The largest absolute Gasteiger partial charge is 0.481 e. The number of para-hydroxylation sites is 1. The first kappa shape index (κ1) is 23.4. The second-order valence-corrected chi connectivity index (χ2v) is 8.92. The lowest BCUT2D eigenvalue weighted by Gasteiger charge is -2.28. The van der Waals surface area contributed by atoms with Crippen LogP contribution in [0.25, 0.3) is 0 Å². The van der Waals surface area contributed by atoms with Crippen molar-refractivity contribution in [2.24, 2.45) is 7.05 Å². The highest BCUT2D eigenvalue weighted by atomic mass is 35.5. The molecule has 0 bridgehead atoms. The third-order valence-corrected chi connectivity index (χ3v) is 6.56. The molecule has 1 N–H and O–H groups in total. The molecule has 1 saturated heterocycles. The zero-order valence-corrected chi connectivity index (χ0v) is 20.1. The molecule has 33 heavy (non-hydrogen) atoms. The smallest absolute Gasteiger partial charge is 0.234 e. The number of morpholine rings is 1. The number of anilines is 2. The van der Waals surface area contributed by atoms with Crippen LogP contribution < -0.4 is 15.0 Å². The SMILES string of the molecule is CC(Oc1ccccc1Cl)c1nnc(SCC(=O)Nc2ccc(N3CCOCC3)cc2)n1C. The second kappa shape index (κ2) is 10.9. The van der Waals surface area contributed by atoms with Gasteiger partial charge in [-0.15, -0.1) is 10.2 Å². The maximum atomic E-state index is 12.4. The van der Waals surface area contributed by atoms with E-state index in [9.17, 15) is 4.79 Å². The third kappa shape index (κ3) is 5.98. The molecule has 2 aromatic carbocycles. The first-order chi connectivity index (χ1) is 16.0. The molecule has 1 aromatic heterocycles. The molecule has 1 unspecified atom stereocenters. The number of nitrogens with one attached hydrogen (secondary N) is 1. The van der Waals surface area contributed by atoms with Crippen LogP contribution in [0.3, 0.4) is 0 Å². The van der Waals surface area contributed by atoms with Gasteiger partial charge in [0.2, 0.25) is 5.91 Å². The quantitative estimate of drug-likeness (QED) is 0.477. The molecule has 0 saturated carbocycles. The van der Waals surface area contributed by atoms with Crippen molar-refractivity contribution in [3.63, 3.8) is 0 Å². The highest BCUT2D eigenvalue weighted by Gasteiger charge is 2.19. The van der Waals surface area contributed by atoms with E-state index < -0.39 is 0 Å². The summed E-state index contributed by atoms with van der Waals surface area (Å²) in [7, 11) is 1.85. The standard InChI is InChI=1S/C23H26ClN5O3S/c1-16(32-20-6-4-3-5-19(20)24)22-26-27-23(28(22)2)33-15-21(30)25-17-7-9-18(10-8-17)29-11-13-31-14-12-29/h3-10,16H,11-15H2,1-2H3,(H,25,30). The molecule has 4 rings (SSSR count). The fraction of sp³-hybridized carbons (Fsp3) is 0.348. The lowest BCUT2D eigenvalue weighted by Crippen LogP contribution is -2.36. The summed E-state index contributed by atoms with van der Waals surface area (Å²) in [6.07, 6.45) is -0.351. The predicted molar refractivity (Wildman–Crippen MR) is 130 cm³/mol. The van der Waals surface area contributed by atoms with E-state index in [2.05, 4.69) is 20.4 Å². The molecular formula is C23H26ClN5O3S. The van der Waals surface area contributed by atoms with E-state index in [0.717, 1.165) is 37.7 Å².